The molecule has 0 aliphatic rings. The zero-order chi connectivity index (χ0) is 10.2. The summed E-state index contributed by atoms with van der Waals surface area (Å²) in [6, 6.07) is -1.50. The van der Waals surface area contributed by atoms with Crippen LogP contribution >= 0.6 is 42.5 Å². The number of hydrogen-bond acceptors (Lipinski definition) is 0. The molecule has 0 amide bonds. The molecule has 1 unspecified atom stereocenters. The minimum absolute atomic E-state index is 0.821. The minimum atomic E-state index is -2.32. The van der Waals surface area contributed by atoms with Crippen LogP contribution in [0.15, 0.2) is 0 Å². The fraction of sp³-hybridized carbons (Fsp3) is 1.00. The van der Waals surface area contributed by atoms with Crippen LogP contribution < -0.4 is 0 Å². The highest BCUT2D eigenvalue weighted by Gasteiger charge is 2.23. The molecule has 0 radical (unpaired) electrons. The summed E-state index contributed by atoms with van der Waals surface area (Å²) in [6.07, 6.45) is 8.82. The molecule has 0 fully saturated rings. The highest BCUT2D eigenvalue weighted by Crippen LogP contribution is 2.27. The lowest BCUT2D eigenvalue weighted by Gasteiger charge is -2.06. The van der Waals surface area contributed by atoms with Crippen molar-refractivity contribution in [3.05, 3.63) is 0 Å². The van der Waals surface area contributed by atoms with Crippen molar-refractivity contribution in [2.75, 3.05) is 6.16 Å². The second kappa shape index (κ2) is 8.80. The van der Waals surface area contributed by atoms with Gasteiger partial charge in [-0.05, 0) is 18.6 Å². The van der Waals surface area contributed by atoms with Gasteiger partial charge >= 0.3 is 6.00 Å². The molecular weight excluding hydrogens is 262 g/mol. The van der Waals surface area contributed by atoms with Gasteiger partial charge in [0.15, 0.2) is 0 Å². The van der Waals surface area contributed by atoms with Crippen LogP contribution in [0.4, 0.5) is 0 Å². The average Bonchev–Trinajstić information content (AvgIpc) is 2.01. The maximum Gasteiger partial charge on any atom is 0.341 e. The summed E-state index contributed by atoms with van der Waals surface area (Å²) < 4.78 is 0. The third-order valence-corrected chi connectivity index (χ3v) is 4.94. The van der Waals surface area contributed by atoms with Gasteiger partial charge < -0.3 is 0 Å². The zero-order valence-electron chi connectivity index (χ0n) is 7.87. The maximum absolute atomic E-state index is 5.76. The summed E-state index contributed by atoms with van der Waals surface area (Å²) in [5.74, 6) is 0. The van der Waals surface area contributed by atoms with Crippen LogP contribution in [0.2, 0.25) is 6.04 Å². The monoisotopic (exact) mass is 278 g/mol. The Morgan fingerprint density at radius 2 is 1.23 bits per heavy atom. The molecule has 0 N–H and O–H groups in total. The van der Waals surface area contributed by atoms with Crippen LogP contribution in [0.25, 0.3) is 0 Å². The van der Waals surface area contributed by atoms with Crippen molar-refractivity contribution in [2.24, 2.45) is 0 Å². The predicted molar refractivity (Wildman–Crippen MR) is 70.4 cm³/mol. The SMILES string of the molecule is PCCCCCCCC[Si](Cl)(Cl)Cl. The lowest BCUT2D eigenvalue weighted by atomic mass is 10.1. The number of rotatable bonds is 8. The molecule has 13 heavy (non-hydrogen) atoms. The molecule has 1 atom stereocenters. The van der Waals surface area contributed by atoms with Gasteiger partial charge in [-0.25, -0.2) is 0 Å². The van der Waals surface area contributed by atoms with Gasteiger partial charge in [-0.2, -0.15) is 0 Å². The number of unbranched alkanes of at least 4 members (excludes halogenated alkanes) is 5. The Bertz CT molecular complexity index is 116. The van der Waals surface area contributed by atoms with Crippen LogP contribution in [0.3, 0.4) is 0 Å². The van der Waals surface area contributed by atoms with E-state index < -0.39 is 6.00 Å². The minimum Gasteiger partial charge on any atom is -0.138 e. The lowest BCUT2D eigenvalue weighted by molar-refractivity contribution is 0.626. The van der Waals surface area contributed by atoms with E-state index in [-0.39, 0.29) is 0 Å². The predicted octanol–water partition coefficient (Wildman–Crippen LogP) is 4.86. The van der Waals surface area contributed by atoms with E-state index in [9.17, 15) is 0 Å². The van der Waals surface area contributed by atoms with Crippen molar-refractivity contribution < 1.29 is 0 Å². The van der Waals surface area contributed by atoms with Crippen molar-refractivity contribution in [3.8, 4) is 0 Å². The quantitative estimate of drug-likeness (QED) is 0.258. The largest absolute Gasteiger partial charge is 0.341 e. The first-order valence-electron chi connectivity index (χ1n) is 4.83. The van der Waals surface area contributed by atoms with E-state index >= 15 is 0 Å². The highest BCUT2D eigenvalue weighted by molar-refractivity contribution is 7.64. The Kier molecular flexibility index (Phi) is 9.82. The van der Waals surface area contributed by atoms with E-state index in [1.807, 2.05) is 0 Å². The van der Waals surface area contributed by atoms with E-state index in [1.54, 1.807) is 0 Å². The van der Waals surface area contributed by atoms with Gasteiger partial charge in [0.05, 0.1) is 0 Å². The van der Waals surface area contributed by atoms with Crippen molar-refractivity contribution in [2.45, 2.75) is 44.6 Å². The van der Waals surface area contributed by atoms with E-state index in [0.717, 1.165) is 12.5 Å². The Morgan fingerprint density at radius 3 is 1.69 bits per heavy atom. The molecule has 0 saturated heterocycles. The molecule has 0 aliphatic heterocycles. The first-order chi connectivity index (χ1) is 6.06. The molecule has 0 heterocycles. The fourth-order valence-electron chi connectivity index (χ4n) is 1.18. The summed E-state index contributed by atoms with van der Waals surface area (Å²) in [4.78, 5) is 0. The van der Waals surface area contributed by atoms with Crippen molar-refractivity contribution in [1.82, 2.24) is 0 Å². The third kappa shape index (κ3) is 13.5. The third-order valence-electron chi connectivity index (χ3n) is 1.91. The molecule has 0 aliphatic carbocycles. The Morgan fingerprint density at radius 1 is 0.769 bits per heavy atom. The van der Waals surface area contributed by atoms with E-state index in [0.29, 0.717) is 0 Å². The summed E-state index contributed by atoms with van der Waals surface area (Å²) in [5, 5.41) is 0. The second-order valence-electron chi connectivity index (χ2n) is 3.28. The number of hydrogen-bond donors (Lipinski definition) is 0. The molecule has 0 bridgehead atoms. The zero-order valence-corrected chi connectivity index (χ0v) is 12.3. The topological polar surface area (TPSA) is 0 Å². The summed E-state index contributed by atoms with van der Waals surface area (Å²) in [6.45, 7) is 0. The maximum atomic E-state index is 5.76. The average molecular weight is 280 g/mol. The highest BCUT2D eigenvalue weighted by atomic mass is 35.8. The first kappa shape index (κ1) is 14.5. The van der Waals surface area contributed by atoms with Crippen LogP contribution in [-0.2, 0) is 0 Å². The number of halogens is 3. The molecule has 0 saturated carbocycles. The van der Waals surface area contributed by atoms with Gasteiger partial charge in [0.25, 0.3) is 0 Å². The van der Waals surface area contributed by atoms with E-state index in [4.69, 9.17) is 33.2 Å². The molecule has 0 aromatic carbocycles. The molecule has 0 aromatic rings. The second-order valence-corrected chi connectivity index (χ2v) is 13.1. The van der Waals surface area contributed by atoms with Crippen LogP contribution in [-0.4, -0.2) is 12.2 Å². The van der Waals surface area contributed by atoms with Gasteiger partial charge in [-0.3, -0.25) is 0 Å². The lowest BCUT2D eigenvalue weighted by Crippen LogP contribution is -2.07. The van der Waals surface area contributed by atoms with Gasteiger partial charge in [0.1, 0.15) is 0 Å². The van der Waals surface area contributed by atoms with Crippen LogP contribution in [0.1, 0.15) is 38.5 Å². The van der Waals surface area contributed by atoms with Crippen molar-refractivity contribution in [3.63, 3.8) is 0 Å². The fourth-order valence-corrected chi connectivity index (χ4v) is 3.32. The van der Waals surface area contributed by atoms with Crippen LogP contribution in [0.5, 0.6) is 0 Å². The Hall–Kier alpha value is 1.52. The standard InChI is InChI=1S/C8H18Cl3PSi/c9-13(10,11)8-6-4-2-1-3-5-7-12/h1-8,12H2. The Labute approximate surface area is 99.0 Å². The van der Waals surface area contributed by atoms with Gasteiger partial charge in [-0.1, -0.05) is 32.1 Å². The molecular formula is C8H18Cl3PSi. The van der Waals surface area contributed by atoms with E-state index in [1.165, 1.54) is 38.3 Å². The molecule has 0 spiro atoms. The molecule has 0 aromatic heterocycles. The summed E-state index contributed by atoms with van der Waals surface area (Å²) >= 11 is 17.3. The van der Waals surface area contributed by atoms with Gasteiger partial charge in [0.2, 0.25) is 0 Å². The van der Waals surface area contributed by atoms with Crippen molar-refractivity contribution >= 4 is 48.5 Å². The smallest absolute Gasteiger partial charge is 0.138 e. The summed E-state index contributed by atoms with van der Waals surface area (Å²) in [7, 11) is 2.76. The van der Waals surface area contributed by atoms with Crippen molar-refractivity contribution in [1.29, 1.82) is 0 Å². The molecule has 5 heteroatoms. The normalized spacial score (nSPS) is 12.0. The van der Waals surface area contributed by atoms with Crippen LogP contribution in [0, 0.1) is 0 Å². The van der Waals surface area contributed by atoms with Gasteiger partial charge in [-0.15, -0.1) is 42.5 Å². The summed E-state index contributed by atoms with van der Waals surface area (Å²) in [5.41, 5.74) is 0. The first-order valence-corrected chi connectivity index (χ1v) is 10.9. The molecule has 0 rings (SSSR count). The molecule has 80 valence electrons. The molecule has 0 nitrogen and oxygen atoms in total. The Balaban J connectivity index is 3.00. The van der Waals surface area contributed by atoms with E-state index in [2.05, 4.69) is 9.24 Å². The van der Waals surface area contributed by atoms with Gasteiger partial charge in [0, 0.05) is 0 Å².